The van der Waals surface area contributed by atoms with Gasteiger partial charge in [0.1, 0.15) is 15.6 Å². The molecule has 1 rings (SSSR count). The van der Waals surface area contributed by atoms with Gasteiger partial charge in [0.15, 0.2) is 0 Å². The van der Waals surface area contributed by atoms with Crippen molar-refractivity contribution in [1.29, 1.82) is 0 Å². The Morgan fingerprint density at radius 1 is 1.26 bits per heavy atom. The van der Waals surface area contributed by atoms with E-state index >= 15 is 0 Å². The molecule has 1 aromatic carbocycles. The fourth-order valence-corrected chi connectivity index (χ4v) is 2.80. The van der Waals surface area contributed by atoms with Gasteiger partial charge in [-0.3, -0.25) is 0 Å². The number of ether oxygens (including phenoxy) is 1. The van der Waals surface area contributed by atoms with Crippen molar-refractivity contribution in [3.63, 3.8) is 0 Å². The minimum atomic E-state index is -2.89. The van der Waals surface area contributed by atoms with E-state index in [2.05, 4.69) is 5.32 Å². The smallest absolute Gasteiger partial charge is 0.147 e. The lowest BCUT2D eigenvalue weighted by atomic mass is 9.97. The Hall–Kier alpha value is -1.07. The number of methoxy groups -OCH3 is 1. The molecule has 0 saturated carbocycles. The van der Waals surface area contributed by atoms with Gasteiger partial charge in [0.25, 0.3) is 0 Å². The van der Waals surface area contributed by atoms with Crippen LogP contribution in [0.25, 0.3) is 0 Å². The number of hydrogen-bond donors (Lipinski definition) is 1. The molecule has 108 valence electrons. The second-order valence-corrected chi connectivity index (χ2v) is 7.15. The summed E-state index contributed by atoms with van der Waals surface area (Å²) in [5.41, 5.74) is 1.20. The van der Waals surface area contributed by atoms with Crippen LogP contribution in [-0.2, 0) is 16.3 Å². The summed E-state index contributed by atoms with van der Waals surface area (Å²) in [5.74, 6) is 1.41. The summed E-state index contributed by atoms with van der Waals surface area (Å²) in [6.45, 7) is 0.821. The van der Waals surface area contributed by atoms with Crippen LogP contribution in [0, 0.1) is 5.92 Å². The average Bonchev–Trinajstić information content (AvgIpc) is 2.36. The number of rotatable bonds is 8. The molecule has 1 aromatic rings. The molecule has 19 heavy (non-hydrogen) atoms. The molecule has 0 spiro atoms. The quantitative estimate of drug-likeness (QED) is 0.786. The van der Waals surface area contributed by atoms with Gasteiger partial charge in [0.2, 0.25) is 0 Å². The van der Waals surface area contributed by atoms with Crippen LogP contribution in [0.5, 0.6) is 5.75 Å². The molecule has 0 heterocycles. The fourth-order valence-electron chi connectivity index (χ4n) is 2.04. The molecule has 0 bridgehead atoms. The molecular formula is C14H23NO3S. The first-order valence-corrected chi connectivity index (χ1v) is 8.46. The summed E-state index contributed by atoms with van der Waals surface area (Å²) < 4.78 is 27.6. The molecule has 0 aliphatic carbocycles. The summed E-state index contributed by atoms with van der Waals surface area (Å²) in [5, 5.41) is 3.13. The van der Waals surface area contributed by atoms with Crippen molar-refractivity contribution in [2.24, 2.45) is 5.92 Å². The first kappa shape index (κ1) is 16.0. The van der Waals surface area contributed by atoms with Crippen LogP contribution >= 0.6 is 0 Å². The Morgan fingerprint density at radius 2 is 1.89 bits per heavy atom. The van der Waals surface area contributed by atoms with Crippen molar-refractivity contribution < 1.29 is 13.2 Å². The van der Waals surface area contributed by atoms with Crippen LogP contribution < -0.4 is 10.1 Å². The van der Waals surface area contributed by atoms with E-state index < -0.39 is 9.84 Å². The van der Waals surface area contributed by atoms with E-state index in [1.807, 2.05) is 31.3 Å². The van der Waals surface area contributed by atoms with E-state index in [-0.39, 0.29) is 5.75 Å². The van der Waals surface area contributed by atoms with Crippen molar-refractivity contribution in [1.82, 2.24) is 5.32 Å². The molecular weight excluding hydrogens is 262 g/mol. The Kier molecular flexibility index (Phi) is 6.31. The van der Waals surface area contributed by atoms with E-state index in [1.165, 1.54) is 11.8 Å². The van der Waals surface area contributed by atoms with E-state index in [1.54, 1.807) is 7.11 Å². The van der Waals surface area contributed by atoms with Gasteiger partial charge >= 0.3 is 0 Å². The monoisotopic (exact) mass is 285 g/mol. The summed E-state index contributed by atoms with van der Waals surface area (Å²) >= 11 is 0. The van der Waals surface area contributed by atoms with Crippen molar-refractivity contribution in [2.45, 2.75) is 12.8 Å². The van der Waals surface area contributed by atoms with Crippen molar-refractivity contribution in [2.75, 3.05) is 32.7 Å². The lowest BCUT2D eigenvalue weighted by Gasteiger charge is -2.16. The minimum absolute atomic E-state index is 0.246. The molecule has 0 aromatic heterocycles. The first-order valence-electron chi connectivity index (χ1n) is 6.40. The highest BCUT2D eigenvalue weighted by atomic mass is 32.2. The third-order valence-electron chi connectivity index (χ3n) is 3.07. The van der Waals surface area contributed by atoms with E-state index in [9.17, 15) is 8.42 Å². The number of sulfone groups is 1. The van der Waals surface area contributed by atoms with Gasteiger partial charge in [-0.25, -0.2) is 8.42 Å². The Morgan fingerprint density at radius 3 is 2.37 bits per heavy atom. The van der Waals surface area contributed by atoms with Crippen LogP contribution in [0.4, 0.5) is 0 Å². The molecule has 4 nitrogen and oxygen atoms in total. The maximum Gasteiger partial charge on any atom is 0.147 e. The van der Waals surface area contributed by atoms with Gasteiger partial charge in [0.05, 0.1) is 12.9 Å². The van der Waals surface area contributed by atoms with Crippen LogP contribution in [0.2, 0.25) is 0 Å². The average molecular weight is 285 g/mol. The van der Waals surface area contributed by atoms with E-state index in [4.69, 9.17) is 4.74 Å². The van der Waals surface area contributed by atoms with E-state index in [0.717, 1.165) is 18.7 Å². The molecule has 1 unspecified atom stereocenters. The van der Waals surface area contributed by atoms with Crippen LogP contribution in [-0.4, -0.2) is 41.1 Å². The summed E-state index contributed by atoms with van der Waals surface area (Å²) in [6.07, 6.45) is 2.85. The SMILES string of the molecule is CNCC(CCS(C)(=O)=O)Cc1ccc(OC)cc1. The predicted octanol–water partition coefficient (Wildman–Crippen LogP) is 1.51. The molecule has 5 heteroatoms. The summed E-state index contributed by atoms with van der Waals surface area (Å²) in [4.78, 5) is 0. The Balaban J connectivity index is 2.61. The minimum Gasteiger partial charge on any atom is -0.497 e. The second kappa shape index (κ2) is 7.50. The van der Waals surface area contributed by atoms with Crippen molar-refractivity contribution >= 4 is 9.84 Å². The normalized spacial score (nSPS) is 13.2. The zero-order valence-electron chi connectivity index (χ0n) is 11.8. The first-order chi connectivity index (χ1) is 8.94. The topological polar surface area (TPSA) is 55.4 Å². The number of nitrogens with one attached hydrogen (secondary N) is 1. The van der Waals surface area contributed by atoms with Crippen molar-refractivity contribution in [3.05, 3.63) is 29.8 Å². The highest BCUT2D eigenvalue weighted by Crippen LogP contribution is 2.16. The molecule has 0 aliphatic rings. The molecule has 1 N–H and O–H groups in total. The molecule has 0 fully saturated rings. The standard InChI is InChI=1S/C14H23NO3S/c1-15-11-13(8-9-19(3,16)17)10-12-4-6-14(18-2)7-5-12/h4-7,13,15H,8-11H2,1-3H3. The Labute approximate surface area is 116 Å². The zero-order chi connectivity index (χ0) is 14.3. The molecule has 0 saturated heterocycles. The maximum absolute atomic E-state index is 11.2. The van der Waals surface area contributed by atoms with Crippen LogP contribution in [0.15, 0.2) is 24.3 Å². The van der Waals surface area contributed by atoms with Crippen LogP contribution in [0.1, 0.15) is 12.0 Å². The molecule has 1 atom stereocenters. The lowest BCUT2D eigenvalue weighted by molar-refractivity contribution is 0.414. The number of hydrogen-bond acceptors (Lipinski definition) is 4. The van der Waals surface area contributed by atoms with Crippen LogP contribution in [0.3, 0.4) is 0 Å². The molecule has 0 amide bonds. The zero-order valence-corrected chi connectivity index (χ0v) is 12.7. The highest BCUT2D eigenvalue weighted by Gasteiger charge is 2.12. The van der Waals surface area contributed by atoms with Crippen molar-refractivity contribution in [3.8, 4) is 5.75 Å². The summed E-state index contributed by atoms with van der Waals surface area (Å²) in [7, 11) is 0.646. The second-order valence-electron chi connectivity index (χ2n) is 4.89. The van der Waals surface area contributed by atoms with E-state index in [0.29, 0.717) is 12.3 Å². The molecule has 0 radical (unpaired) electrons. The third-order valence-corrected chi connectivity index (χ3v) is 4.05. The largest absolute Gasteiger partial charge is 0.497 e. The lowest BCUT2D eigenvalue weighted by Crippen LogP contribution is -2.23. The summed E-state index contributed by atoms with van der Waals surface area (Å²) in [6, 6.07) is 7.93. The Bertz CT molecular complexity index is 468. The maximum atomic E-state index is 11.2. The predicted molar refractivity (Wildman–Crippen MR) is 78.4 cm³/mol. The van der Waals surface area contributed by atoms with Gasteiger partial charge in [-0.2, -0.15) is 0 Å². The number of benzene rings is 1. The van der Waals surface area contributed by atoms with Gasteiger partial charge in [0, 0.05) is 6.26 Å². The van der Waals surface area contributed by atoms with Gasteiger partial charge in [-0.15, -0.1) is 0 Å². The third kappa shape index (κ3) is 6.59. The highest BCUT2D eigenvalue weighted by molar-refractivity contribution is 7.90. The fraction of sp³-hybridized carbons (Fsp3) is 0.571. The van der Waals surface area contributed by atoms with Gasteiger partial charge in [-0.1, -0.05) is 12.1 Å². The molecule has 0 aliphatic heterocycles. The van der Waals surface area contributed by atoms with Gasteiger partial charge in [-0.05, 0) is 50.0 Å². The van der Waals surface area contributed by atoms with Gasteiger partial charge < -0.3 is 10.1 Å².